The van der Waals surface area contributed by atoms with Gasteiger partial charge in [-0.2, -0.15) is 13.2 Å². The highest BCUT2D eigenvalue weighted by molar-refractivity contribution is 5.90. The van der Waals surface area contributed by atoms with Crippen LogP contribution in [0.3, 0.4) is 0 Å². The van der Waals surface area contributed by atoms with Gasteiger partial charge in [0.25, 0.3) is 0 Å². The number of aromatic amines is 1. The summed E-state index contributed by atoms with van der Waals surface area (Å²) >= 11 is 0. The molecule has 5 heteroatoms. The third-order valence-corrected chi connectivity index (χ3v) is 2.94. The van der Waals surface area contributed by atoms with E-state index in [1.807, 2.05) is 0 Å². The van der Waals surface area contributed by atoms with Gasteiger partial charge < -0.3 is 10.3 Å². The van der Waals surface area contributed by atoms with Crippen LogP contribution in [0, 0.1) is 0 Å². The van der Waals surface area contributed by atoms with Crippen LogP contribution in [0.25, 0.3) is 10.9 Å². The highest BCUT2D eigenvalue weighted by atomic mass is 19.4. The first-order valence-corrected chi connectivity index (χ1v) is 4.97. The molecule has 0 radical (unpaired) electrons. The number of nitrogens with one attached hydrogen (secondary N) is 2. The Morgan fingerprint density at radius 3 is 2.56 bits per heavy atom. The minimum atomic E-state index is -4.30. The van der Waals surface area contributed by atoms with E-state index in [4.69, 9.17) is 0 Å². The number of hydrogen-bond donors (Lipinski definition) is 2. The van der Waals surface area contributed by atoms with Crippen molar-refractivity contribution in [2.45, 2.75) is 19.3 Å². The van der Waals surface area contributed by atoms with Crippen molar-refractivity contribution in [3.8, 4) is 0 Å². The van der Waals surface area contributed by atoms with E-state index in [9.17, 15) is 13.2 Å². The van der Waals surface area contributed by atoms with Crippen molar-refractivity contribution in [3.63, 3.8) is 0 Å². The maximum absolute atomic E-state index is 12.7. The van der Waals surface area contributed by atoms with Gasteiger partial charge in [0.05, 0.1) is 11.1 Å². The Labute approximate surface area is 89.5 Å². The lowest BCUT2D eigenvalue weighted by Crippen LogP contribution is -2.18. The van der Waals surface area contributed by atoms with Gasteiger partial charge in [-0.1, -0.05) is 6.07 Å². The van der Waals surface area contributed by atoms with Crippen molar-refractivity contribution in [3.05, 3.63) is 35.0 Å². The summed E-state index contributed by atoms with van der Waals surface area (Å²) in [6.07, 6.45) is -2.65. The summed E-state index contributed by atoms with van der Waals surface area (Å²) in [6, 6.07) is 2.69. The summed E-state index contributed by atoms with van der Waals surface area (Å²) in [4.78, 5) is 2.74. The molecule has 0 aliphatic carbocycles. The van der Waals surface area contributed by atoms with E-state index in [2.05, 4.69) is 10.3 Å². The second-order valence-corrected chi connectivity index (χ2v) is 3.94. The smallest absolute Gasteiger partial charge is 0.360 e. The minimum absolute atomic E-state index is 0.210. The molecule has 0 saturated heterocycles. The monoisotopic (exact) mass is 226 g/mol. The number of rotatable bonds is 0. The molecule has 1 aliphatic heterocycles. The number of halogens is 3. The lowest BCUT2D eigenvalue weighted by Gasteiger charge is -2.16. The second-order valence-electron chi connectivity index (χ2n) is 3.94. The molecule has 1 aromatic heterocycles. The van der Waals surface area contributed by atoms with Crippen LogP contribution >= 0.6 is 0 Å². The average molecular weight is 226 g/mol. The predicted octanol–water partition coefficient (Wildman–Crippen LogP) is 2.79. The molecule has 0 atom stereocenters. The quantitative estimate of drug-likeness (QED) is 0.710. The van der Waals surface area contributed by atoms with Crippen molar-refractivity contribution >= 4 is 10.9 Å². The van der Waals surface area contributed by atoms with Crippen LogP contribution in [0.2, 0.25) is 0 Å². The molecular weight excluding hydrogens is 217 g/mol. The van der Waals surface area contributed by atoms with Crippen molar-refractivity contribution in [2.24, 2.45) is 0 Å². The van der Waals surface area contributed by atoms with E-state index in [0.29, 0.717) is 13.1 Å². The Morgan fingerprint density at radius 1 is 1.06 bits per heavy atom. The molecule has 0 bridgehead atoms. The minimum Gasteiger partial charge on any atom is -0.360 e. The van der Waals surface area contributed by atoms with E-state index in [1.54, 1.807) is 12.3 Å². The fraction of sp³-hybridized carbons (Fsp3) is 0.273. The maximum atomic E-state index is 12.7. The van der Waals surface area contributed by atoms with Gasteiger partial charge in [0.2, 0.25) is 0 Å². The Bertz CT molecular complexity index is 554. The van der Waals surface area contributed by atoms with Crippen molar-refractivity contribution in [1.82, 2.24) is 10.3 Å². The molecule has 0 saturated carbocycles. The molecule has 0 unspecified atom stereocenters. The van der Waals surface area contributed by atoms with Gasteiger partial charge in [-0.15, -0.1) is 0 Å². The SMILES string of the molecule is FC(F)(F)c1ccc2c3c(c[nH]c13)CNC2. The van der Waals surface area contributed by atoms with Crippen LogP contribution < -0.4 is 5.32 Å². The van der Waals surface area contributed by atoms with Gasteiger partial charge in [-0.3, -0.25) is 0 Å². The molecule has 0 amide bonds. The Hall–Kier alpha value is -1.49. The topological polar surface area (TPSA) is 27.8 Å². The number of benzene rings is 1. The van der Waals surface area contributed by atoms with E-state index < -0.39 is 11.7 Å². The van der Waals surface area contributed by atoms with Gasteiger partial charge in [-0.25, -0.2) is 0 Å². The Morgan fingerprint density at radius 2 is 1.81 bits per heavy atom. The zero-order valence-electron chi connectivity index (χ0n) is 8.28. The molecule has 3 rings (SSSR count). The third kappa shape index (κ3) is 1.24. The highest BCUT2D eigenvalue weighted by Gasteiger charge is 2.34. The number of H-pyrrole nitrogens is 1. The molecular formula is C11H9F3N2. The summed E-state index contributed by atoms with van der Waals surface area (Å²) in [6.45, 7) is 1.24. The normalized spacial score (nSPS) is 15.7. The molecule has 1 aliphatic rings. The van der Waals surface area contributed by atoms with Crippen LogP contribution in [0.1, 0.15) is 16.7 Å². The standard InChI is InChI=1S/C11H9F3N2/c12-11(13,14)8-2-1-6-3-15-4-7-5-16-10(8)9(6)7/h1-2,5,15-16H,3-4H2. The first-order chi connectivity index (χ1) is 7.57. The van der Waals surface area contributed by atoms with Gasteiger partial charge in [0, 0.05) is 24.7 Å². The number of alkyl halides is 3. The van der Waals surface area contributed by atoms with E-state index in [0.717, 1.165) is 22.6 Å². The Kier molecular flexibility index (Phi) is 1.83. The van der Waals surface area contributed by atoms with Gasteiger partial charge in [-0.05, 0) is 17.2 Å². The lowest BCUT2D eigenvalue weighted by molar-refractivity contribution is -0.136. The van der Waals surface area contributed by atoms with Crippen LogP contribution in [-0.4, -0.2) is 4.98 Å². The predicted molar refractivity (Wildman–Crippen MR) is 53.8 cm³/mol. The molecule has 2 nitrogen and oxygen atoms in total. The second kappa shape index (κ2) is 3.01. The van der Waals surface area contributed by atoms with Gasteiger partial charge in [0.15, 0.2) is 0 Å². The van der Waals surface area contributed by atoms with Crippen LogP contribution in [-0.2, 0) is 19.3 Å². The summed E-state index contributed by atoms with van der Waals surface area (Å²) in [5.41, 5.74) is 1.45. The Balaban J connectivity index is 2.36. The van der Waals surface area contributed by atoms with Crippen LogP contribution in [0.4, 0.5) is 13.2 Å². The number of aromatic nitrogens is 1. The maximum Gasteiger partial charge on any atom is 0.418 e. The molecule has 2 heterocycles. The fourth-order valence-corrected chi connectivity index (χ4v) is 2.25. The number of hydrogen-bond acceptors (Lipinski definition) is 1. The fourth-order valence-electron chi connectivity index (χ4n) is 2.25. The zero-order chi connectivity index (χ0) is 11.3. The lowest BCUT2D eigenvalue weighted by atomic mass is 9.99. The van der Waals surface area contributed by atoms with Crippen LogP contribution in [0.15, 0.2) is 18.3 Å². The van der Waals surface area contributed by atoms with Crippen molar-refractivity contribution in [2.75, 3.05) is 0 Å². The molecule has 16 heavy (non-hydrogen) atoms. The third-order valence-electron chi connectivity index (χ3n) is 2.94. The van der Waals surface area contributed by atoms with Crippen LogP contribution in [0.5, 0.6) is 0 Å². The first kappa shape index (κ1) is 9.72. The summed E-state index contributed by atoms with van der Waals surface area (Å²) < 4.78 is 38.2. The van der Waals surface area contributed by atoms with Crippen molar-refractivity contribution < 1.29 is 13.2 Å². The van der Waals surface area contributed by atoms with Gasteiger partial charge >= 0.3 is 6.18 Å². The molecule has 2 aromatic rings. The van der Waals surface area contributed by atoms with E-state index in [1.165, 1.54) is 0 Å². The summed E-state index contributed by atoms with van der Waals surface area (Å²) in [5, 5.41) is 3.87. The molecule has 2 N–H and O–H groups in total. The molecule has 0 fully saturated rings. The molecule has 84 valence electrons. The average Bonchev–Trinajstić information content (AvgIpc) is 2.63. The van der Waals surface area contributed by atoms with Crippen molar-refractivity contribution in [1.29, 1.82) is 0 Å². The summed E-state index contributed by atoms with van der Waals surface area (Å²) in [7, 11) is 0. The van der Waals surface area contributed by atoms with Gasteiger partial charge in [0.1, 0.15) is 0 Å². The zero-order valence-corrected chi connectivity index (χ0v) is 8.28. The van der Waals surface area contributed by atoms with E-state index >= 15 is 0 Å². The largest absolute Gasteiger partial charge is 0.418 e. The highest BCUT2D eigenvalue weighted by Crippen LogP contribution is 2.37. The summed E-state index contributed by atoms with van der Waals surface area (Å²) in [5.74, 6) is 0. The molecule has 0 spiro atoms. The van der Waals surface area contributed by atoms with E-state index in [-0.39, 0.29) is 5.52 Å². The first-order valence-electron chi connectivity index (χ1n) is 4.97. The molecule has 1 aromatic carbocycles.